The number of hydrogen-bond donors (Lipinski definition) is 3. The molecule has 3 N–H and O–H groups in total. The van der Waals surface area contributed by atoms with E-state index in [-0.39, 0.29) is 24.4 Å². The molecule has 0 radical (unpaired) electrons. The molecule has 0 saturated carbocycles. The van der Waals surface area contributed by atoms with Crippen LogP contribution in [0.15, 0.2) is 54.6 Å². The van der Waals surface area contributed by atoms with Gasteiger partial charge in [-0.3, -0.25) is 14.9 Å². The van der Waals surface area contributed by atoms with Crippen LogP contribution in [0.2, 0.25) is 0 Å². The fourth-order valence-electron chi connectivity index (χ4n) is 1.91. The summed E-state index contributed by atoms with van der Waals surface area (Å²) in [6, 6.07) is 15.1. The van der Waals surface area contributed by atoms with Crippen molar-refractivity contribution in [3.8, 4) is 0 Å². The smallest absolute Gasteiger partial charge is 0.409 e. The van der Waals surface area contributed by atoms with Crippen molar-refractivity contribution < 1.29 is 24.2 Å². The molecule has 0 aromatic heterocycles. The summed E-state index contributed by atoms with van der Waals surface area (Å²) in [4.78, 5) is 34.2. The Bertz CT molecular complexity index is 731. The van der Waals surface area contributed by atoms with Crippen molar-refractivity contribution in [2.45, 2.75) is 6.61 Å². The minimum atomic E-state index is -1.22. The molecule has 0 fully saturated rings. The molecule has 0 aliphatic heterocycles. The van der Waals surface area contributed by atoms with Crippen LogP contribution < -0.4 is 10.6 Å². The quantitative estimate of drug-likeness (QED) is 0.705. The Kier molecular flexibility index (Phi) is 5.90. The lowest BCUT2D eigenvalue weighted by molar-refractivity contribution is -0.143. The molecule has 7 nitrogen and oxygen atoms in total. The van der Waals surface area contributed by atoms with Gasteiger partial charge < -0.3 is 15.2 Å². The molecule has 0 heterocycles. The maximum atomic E-state index is 12.0. The Morgan fingerprint density at radius 2 is 1.75 bits per heavy atom. The lowest BCUT2D eigenvalue weighted by atomic mass is 10.2. The third-order valence-electron chi connectivity index (χ3n) is 3.01. The number of nitrogens with one attached hydrogen (secondary N) is 2. The molecule has 0 saturated heterocycles. The Labute approximate surface area is 138 Å². The zero-order valence-electron chi connectivity index (χ0n) is 12.7. The molecule has 0 aliphatic rings. The predicted octanol–water partition coefficient (Wildman–Crippen LogP) is 2.25. The van der Waals surface area contributed by atoms with E-state index in [1.54, 1.807) is 0 Å². The number of esters is 1. The molecule has 2 aromatic rings. The highest BCUT2D eigenvalue weighted by Gasteiger charge is 2.10. The number of ether oxygens (including phenoxy) is 1. The maximum absolute atomic E-state index is 12.0. The monoisotopic (exact) mass is 328 g/mol. The van der Waals surface area contributed by atoms with Crippen LogP contribution in [0.5, 0.6) is 0 Å². The van der Waals surface area contributed by atoms with Crippen LogP contribution in [-0.4, -0.2) is 29.6 Å². The normalized spacial score (nSPS) is 9.83. The van der Waals surface area contributed by atoms with E-state index in [0.29, 0.717) is 0 Å². The summed E-state index contributed by atoms with van der Waals surface area (Å²) < 4.78 is 5.05. The predicted molar refractivity (Wildman–Crippen MR) is 86.7 cm³/mol. The summed E-state index contributed by atoms with van der Waals surface area (Å²) in [5, 5.41) is 13.2. The van der Waals surface area contributed by atoms with Crippen molar-refractivity contribution in [1.29, 1.82) is 0 Å². The number of carbonyl (C=O) groups excluding carboxylic acids is 2. The lowest BCUT2D eigenvalue weighted by Crippen LogP contribution is -2.30. The first-order chi connectivity index (χ1) is 11.5. The van der Waals surface area contributed by atoms with Crippen molar-refractivity contribution >= 4 is 23.7 Å². The average Bonchev–Trinajstić information content (AvgIpc) is 2.58. The van der Waals surface area contributed by atoms with Gasteiger partial charge in [0.15, 0.2) is 0 Å². The first-order valence-corrected chi connectivity index (χ1v) is 7.12. The van der Waals surface area contributed by atoms with Crippen LogP contribution >= 0.6 is 0 Å². The fraction of sp³-hybridized carbons (Fsp3) is 0.118. The van der Waals surface area contributed by atoms with E-state index >= 15 is 0 Å². The standard InChI is InChI=1S/C17H16N2O5/c20-15(24-11-12-5-2-1-3-6-12)10-18-16(21)13-7-4-8-14(9-13)19-17(22)23/h1-9,19H,10-11H2,(H,18,21)(H,22,23). The molecule has 0 bridgehead atoms. The molecule has 24 heavy (non-hydrogen) atoms. The molecule has 2 amide bonds. The van der Waals surface area contributed by atoms with Gasteiger partial charge in [0, 0.05) is 11.3 Å². The number of anilines is 1. The third kappa shape index (κ3) is 5.45. The van der Waals surface area contributed by atoms with E-state index in [1.807, 2.05) is 30.3 Å². The zero-order chi connectivity index (χ0) is 17.4. The van der Waals surface area contributed by atoms with Crippen molar-refractivity contribution in [2.75, 3.05) is 11.9 Å². The van der Waals surface area contributed by atoms with Gasteiger partial charge in [-0.2, -0.15) is 0 Å². The van der Waals surface area contributed by atoms with Crippen molar-refractivity contribution in [2.24, 2.45) is 0 Å². The van der Waals surface area contributed by atoms with Gasteiger partial charge in [0.1, 0.15) is 13.2 Å². The number of carboxylic acid groups (broad SMARTS) is 1. The van der Waals surface area contributed by atoms with Crippen LogP contribution in [0.3, 0.4) is 0 Å². The van der Waals surface area contributed by atoms with Gasteiger partial charge >= 0.3 is 12.1 Å². The van der Waals surface area contributed by atoms with Crippen LogP contribution in [-0.2, 0) is 16.1 Å². The zero-order valence-corrected chi connectivity index (χ0v) is 12.7. The minimum absolute atomic E-state index is 0.133. The highest BCUT2D eigenvalue weighted by molar-refractivity contribution is 5.97. The van der Waals surface area contributed by atoms with Crippen LogP contribution in [0, 0.1) is 0 Å². The number of benzene rings is 2. The largest absolute Gasteiger partial charge is 0.465 e. The summed E-state index contributed by atoms with van der Waals surface area (Å²) in [5.41, 5.74) is 1.35. The van der Waals surface area contributed by atoms with E-state index in [1.165, 1.54) is 24.3 Å². The highest BCUT2D eigenvalue weighted by Crippen LogP contribution is 2.10. The van der Waals surface area contributed by atoms with Crippen LogP contribution in [0.4, 0.5) is 10.5 Å². The van der Waals surface area contributed by atoms with Crippen LogP contribution in [0.25, 0.3) is 0 Å². The minimum Gasteiger partial charge on any atom is -0.465 e. The van der Waals surface area contributed by atoms with Gasteiger partial charge in [0.2, 0.25) is 0 Å². The topological polar surface area (TPSA) is 105 Å². The van der Waals surface area contributed by atoms with Gasteiger partial charge in [-0.05, 0) is 23.8 Å². The molecule has 0 spiro atoms. The lowest BCUT2D eigenvalue weighted by Gasteiger charge is -2.08. The SMILES string of the molecule is O=C(O)Nc1cccc(C(=O)NCC(=O)OCc2ccccc2)c1. The van der Waals surface area contributed by atoms with E-state index in [0.717, 1.165) is 5.56 Å². The summed E-state index contributed by atoms with van der Waals surface area (Å²) in [5.74, 6) is -1.06. The first kappa shape index (κ1) is 17.0. The molecule has 2 aromatic carbocycles. The molecule has 7 heteroatoms. The molecule has 0 aliphatic carbocycles. The second-order valence-corrected chi connectivity index (χ2v) is 4.84. The highest BCUT2D eigenvalue weighted by atomic mass is 16.5. The van der Waals surface area contributed by atoms with Gasteiger partial charge in [0.25, 0.3) is 5.91 Å². The Hall–Kier alpha value is -3.35. The molecular formula is C17H16N2O5. The summed E-state index contributed by atoms with van der Waals surface area (Å²) >= 11 is 0. The van der Waals surface area contributed by atoms with E-state index in [9.17, 15) is 14.4 Å². The number of amides is 2. The number of rotatable bonds is 6. The molecule has 2 rings (SSSR count). The maximum Gasteiger partial charge on any atom is 0.409 e. The summed E-state index contributed by atoms with van der Waals surface area (Å²) in [6.07, 6.45) is -1.22. The van der Waals surface area contributed by atoms with Crippen molar-refractivity contribution in [3.05, 3.63) is 65.7 Å². The van der Waals surface area contributed by atoms with Crippen molar-refractivity contribution in [1.82, 2.24) is 5.32 Å². The molecular weight excluding hydrogens is 312 g/mol. The number of hydrogen-bond acceptors (Lipinski definition) is 4. The van der Waals surface area contributed by atoms with E-state index in [2.05, 4.69) is 10.6 Å². The first-order valence-electron chi connectivity index (χ1n) is 7.12. The molecule has 0 unspecified atom stereocenters. The van der Waals surface area contributed by atoms with Gasteiger partial charge in [-0.1, -0.05) is 36.4 Å². The average molecular weight is 328 g/mol. The fourth-order valence-corrected chi connectivity index (χ4v) is 1.91. The van der Waals surface area contributed by atoms with Crippen molar-refractivity contribution in [3.63, 3.8) is 0 Å². The van der Waals surface area contributed by atoms with Gasteiger partial charge in [-0.25, -0.2) is 4.79 Å². The summed E-state index contributed by atoms with van der Waals surface area (Å²) in [7, 11) is 0. The Morgan fingerprint density at radius 1 is 1.00 bits per heavy atom. The second kappa shape index (κ2) is 8.33. The van der Waals surface area contributed by atoms with Crippen LogP contribution in [0.1, 0.15) is 15.9 Å². The van der Waals surface area contributed by atoms with E-state index < -0.39 is 18.0 Å². The van der Waals surface area contributed by atoms with Gasteiger partial charge in [-0.15, -0.1) is 0 Å². The third-order valence-corrected chi connectivity index (χ3v) is 3.01. The second-order valence-electron chi connectivity index (χ2n) is 4.84. The number of carbonyl (C=O) groups is 3. The van der Waals surface area contributed by atoms with Gasteiger partial charge in [0.05, 0.1) is 0 Å². The van der Waals surface area contributed by atoms with E-state index in [4.69, 9.17) is 9.84 Å². The Balaban J connectivity index is 1.82. The Morgan fingerprint density at radius 3 is 2.46 bits per heavy atom. The molecule has 0 atom stereocenters. The summed E-state index contributed by atoms with van der Waals surface area (Å²) in [6.45, 7) is -0.143. The molecule has 124 valence electrons.